The number of carbonyl (C=O) groups excluding carboxylic acids is 1. The average Bonchev–Trinajstić information content (AvgIpc) is 2.61. The lowest BCUT2D eigenvalue weighted by Crippen LogP contribution is -2.32. The molecular formula is C17H24N6O6S. The molecule has 0 amide bonds. The van der Waals surface area contributed by atoms with Gasteiger partial charge < -0.3 is 15.4 Å². The quantitative estimate of drug-likeness (QED) is 0.271. The predicted molar refractivity (Wildman–Crippen MR) is 110 cm³/mol. The monoisotopic (exact) mass is 440 g/mol. The number of aryl methyl sites for hydroxylation is 1. The molecule has 0 aliphatic rings. The minimum Gasteiger partial charge on any atom is -0.465 e. The highest BCUT2D eigenvalue weighted by atomic mass is 32.2. The number of ether oxygens (including phenoxy) is 1. The van der Waals surface area contributed by atoms with Crippen molar-refractivity contribution in [2.75, 3.05) is 30.0 Å². The molecular weight excluding hydrogens is 416 g/mol. The number of rotatable bonds is 8. The van der Waals surface area contributed by atoms with Gasteiger partial charge in [-0.3, -0.25) is 19.9 Å². The van der Waals surface area contributed by atoms with Gasteiger partial charge in [0.15, 0.2) is 0 Å². The number of nitrogens with zero attached hydrogens (tertiary/aromatic N) is 5. The summed E-state index contributed by atoms with van der Waals surface area (Å²) in [4.78, 5) is 35.5. The first-order chi connectivity index (χ1) is 13.5. The number of nitro groups is 1. The van der Waals surface area contributed by atoms with Gasteiger partial charge in [-0.25, -0.2) is 8.42 Å². The van der Waals surface area contributed by atoms with Crippen LogP contribution >= 0.6 is 0 Å². The zero-order valence-electron chi connectivity index (χ0n) is 16.0. The second-order valence-corrected chi connectivity index (χ2v) is 7.97. The van der Waals surface area contributed by atoms with Crippen molar-refractivity contribution in [3.63, 3.8) is 0 Å². The van der Waals surface area contributed by atoms with Crippen LogP contribution in [0.5, 0.6) is 0 Å². The summed E-state index contributed by atoms with van der Waals surface area (Å²) in [5.41, 5.74) is 6.30. The van der Waals surface area contributed by atoms with Crippen LogP contribution < -0.4 is 10.6 Å². The van der Waals surface area contributed by atoms with Crippen molar-refractivity contribution in [3.05, 3.63) is 39.7 Å². The van der Waals surface area contributed by atoms with Gasteiger partial charge >= 0.3 is 11.7 Å². The Labute approximate surface area is 174 Å². The molecule has 0 saturated carbocycles. The SMILES string of the molecule is C.CCOC(=O)CN(Cc1ccc(C)nc1)c1nc(S(C)(=O)=O)nc(N)c1[N+](=O)[O-]. The van der Waals surface area contributed by atoms with Crippen LogP contribution in [0.2, 0.25) is 0 Å². The number of esters is 1. The van der Waals surface area contributed by atoms with E-state index in [1.54, 1.807) is 26.0 Å². The van der Waals surface area contributed by atoms with Gasteiger partial charge in [-0.15, -0.1) is 0 Å². The van der Waals surface area contributed by atoms with Crippen LogP contribution in [0, 0.1) is 17.0 Å². The molecule has 30 heavy (non-hydrogen) atoms. The molecule has 12 nitrogen and oxygen atoms in total. The largest absolute Gasteiger partial charge is 0.465 e. The van der Waals surface area contributed by atoms with Crippen molar-refractivity contribution in [2.45, 2.75) is 33.0 Å². The Morgan fingerprint density at radius 1 is 1.33 bits per heavy atom. The highest BCUT2D eigenvalue weighted by molar-refractivity contribution is 7.90. The Morgan fingerprint density at radius 3 is 2.50 bits per heavy atom. The van der Waals surface area contributed by atoms with Crippen LogP contribution in [-0.2, 0) is 25.9 Å². The molecule has 2 heterocycles. The van der Waals surface area contributed by atoms with E-state index in [0.29, 0.717) is 5.56 Å². The molecule has 0 saturated heterocycles. The van der Waals surface area contributed by atoms with Crippen LogP contribution in [0.25, 0.3) is 0 Å². The van der Waals surface area contributed by atoms with Gasteiger partial charge in [-0.1, -0.05) is 13.5 Å². The van der Waals surface area contributed by atoms with E-state index in [4.69, 9.17) is 10.5 Å². The fraction of sp³-hybridized carbons (Fsp3) is 0.412. The van der Waals surface area contributed by atoms with Gasteiger partial charge in [-0.05, 0) is 25.5 Å². The molecule has 0 aliphatic heterocycles. The van der Waals surface area contributed by atoms with Crippen molar-refractivity contribution < 1.29 is 22.9 Å². The molecule has 0 aliphatic carbocycles. The summed E-state index contributed by atoms with van der Waals surface area (Å²) in [6.45, 7) is 3.03. The molecule has 0 unspecified atom stereocenters. The summed E-state index contributed by atoms with van der Waals surface area (Å²) in [6.07, 6.45) is 2.37. The van der Waals surface area contributed by atoms with Crippen LogP contribution in [0.4, 0.5) is 17.3 Å². The Morgan fingerprint density at radius 2 is 2.00 bits per heavy atom. The molecule has 2 aromatic heterocycles. The Bertz CT molecular complexity index is 1030. The first kappa shape index (κ1) is 24.7. The molecule has 0 bridgehead atoms. The number of sulfone groups is 1. The number of hydrogen-bond acceptors (Lipinski definition) is 11. The van der Waals surface area contributed by atoms with Gasteiger partial charge in [0.25, 0.3) is 5.16 Å². The maximum Gasteiger partial charge on any atom is 0.353 e. The highest BCUT2D eigenvalue weighted by Gasteiger charge is 2.31. The third kappa shape index (κ3) is 6.07. The molecule has 2 N–H and O–H groups in total. The number of anilines is 2. The van der Waals surface area contributed by atoms with E-state index in [0.717, 1.165) is 11.9 Å². The zero-order chi connectivity index (χ0) is 21.8. The van der Waals surface area contributed by atoms with Crippen LogP contribution in [0.1, 0.15) is 25.6 Å². The van der Waals surface area contributed by atoms with Crippen LogP contribution in [0.15, 0.2) is 23.5 Å². The first-order valence-corrected chi connectivity index (χ1v) is 10.3. The van der Waals surface area contributed by atoms with E-state index < -0.39 is 49.8 Å². The molecule has 0 spiro atoms. The van der Waals surface area contributed by atoms with E-state index in [-0.39, 0.29) is 20.6 Å². The Kier molecular flexibility index (Phi) is 8.16. The summed E-state index contributed by atoms with van der Waals surface area (Å²) in [5.74, 6) is -1.71. The van der Waals surface area contributed by atoms with E-state index in [1.165, 1.54) is 11.1 Å². The Balaban J connectivity index is 0.00000450. The number of nitrogens with two attached hydrogens (primary N) is 1. The minimum absolute atomic E-state index is 0. The van der Waals surface area contributed by atoms with Crippen molar-refractivity contribution in [2.24, 2.45) is 0 Å². The zero-order valence-corrected chi connectivity index (χ0v) is 16.8. The summed E-state index contributed by atoms with van der Waals surface area (Å²) < 4.78 is 28.7. The molecule has 0 radical (unpaired) electrons. The molecule has 13 heteroatoms. The van der Waals surface area contributed by atoms with Crippen molar-refractivity contribution >= 4 is 33.1 Å². The van der Waals surface area contributed by atoms with Crippen molar-refractivity contribution in [3.8, 4) is 0 Å². The number of nitrogen functional groups attached to an aromatic ring is 1. The normalized spacial score (nSPS) is 10.8. The predicted octanol–water partition coefficient (Wildman–Crippen LogP) is 1.28. The van der Waals surface area contributed by atoms with Gasteiger partial charge in [-0.2, -0.15) is 9.97 Å². The summed E-state index contributed by atoms with van der Waals surface area (Å²) in [7, 11) is -3.92. The second-order valence-electron chi connectivity index (χ2n) is 6.06. The smallest absolute Gasteiger partial charge is 0.353 e. The van der Waals surface area contributed by atoms with Gasteiger partial charge in [0.05, 0.1) is 11.5 Å². The topological polar surface area (TPSA) is 172 Å². The van der Waals surface area contributed by atoms with Gasteiger partial charge in [0.1, 0.15) is 6.54 Å². The molecule has 0 atom stereocenters. The second kappa shape index (κ2) is 9.91. The van der Waals surface area contributed by atoms with Crippen molar-refractivity contribution in [1.82, 2.24) is 15.0 Å². The van der Waals surface area contributed by atoms with Crippen LogP contribution in [0.3, 0.4) is 0 Å². The fourth-order valence-corrected chi connectivity index (χ4v) is 2.90. The van der Waals surface area contributed by atoms with Crippen molar-refractivity contribution in [1.29, 1.82) is 0 Å². The average molecular weight is 440 g/mol. The molecule has 0 fully saturated rings. The third-order valence-electron chi connectivity index (χ3n) is 3.66. The number of aromatic nitrogens is 3. The summed E-state index contributed by atoms with van der Waals surface area (Å²) in [6, 6.07) is 3.44. The summed E-state index contributed by atoms with van der Waals surface area (Å²) >= 11 is 0. The van der Waals surface area contributed by atoms with Gasteiger partial charge in [0.2, 0.25) is 21.5 Å². The molecule has 164 valence electrons. The third-order valence-corrected chi connectivity index (χ3v) is 4.50. The number of pyridine rings is 1. The number of carbonyl (C=O) groups is 1. The lowest BCUT2D eigenvalue weighted by Gasteiger charge is -2.23. The van der Waals surface area contributed by atoms with E-state index >= 15 is 0 Å². The van der Waals surface area contributed by atoms with E-state index in [9.17, 15) is 23.3 Å². The highest BCUT2D eigenvalue weighted by Crippen LogP contribution is 2.32. The van der Waals surface area contributed by atoms with E-state index in [1.807, 2.05) is 0 Å². The van der Waals surface area contributed by atoms with Crippen LogP contribution in [-0.4, -0.2) is 53.7 Å². The summed E-state index contributed by atoms with van der Waals surface area (Å²) in [5, 5.41) is 10.9. The van der Waals surface area contributed by atoms with E-state index in [2.05, 4.69) is 15.0 Å². The maximum atomic E-state index is 12.1. The number of hydrogen-bond donors (Lipinski definition) is 1. The Hall–Kier alpha value is -3.35. The fourth-order valence-electron chi connectivity index (χ4n) is 2.38. The maximum absolute atomic E-state index is 12.1. The minimum atomic E-state index is -3.92. The standard InChI is InChI=1S/C16H20N6O6S.CH4/c1-4-28-12(23)9-21(8-11-6-5-10(2)18-7-11)15-13(22(24)25)14(17)19-16(20-15)29(3,26)27;/h5-7H,4,8-9H2,1-3H3,(H2,17,19,20);1H4. The van der Waals surface area contributed by atoms with Gasteiger partial charge in [0, 0.05) is 24.7 Å². The molecule has 2 aromatic rings. The molecule has 2 rings (SSSR count). The molecule has 0 aromatic carbocycles. The lowest BCUT2D eigenvalue weighted by atomic mass is 10.2. The first-order valence-electron chi connectivity index (χ1n) is 8.37. The lowest BCUT2D eigenvalue weighted by molar-refractivity contribution is -0.383.